The Labute approximate surface area is 145 Å². The minimum Gasteiger partial charge on any atom is -0.330 e. The SMILES string of the molecule is Cc1ccc(NC(=O)CC2(CN)CCCCC2)c(C)n1.Cl.Cl. The molecule has 2 rings (SSSR count). The summed E-state index contributed by atoms with van der Waals surface area (Å²) < 4.78 is 0. The molecule has 0 spiro atoms. The van der Waals surface area contributed by atoms with Gasteiger partial charge < -0.3 is 11.1 Å². The summed E-state index contributed by atoms with van der Waals surface area (Å²) >= 11 is 0. The van der Waals surface area contributed by atoms with E-state index in [0.29, 0.717) is 13.0 Å². The van der Waals surface area contributed by atoms with Crippen molar-refractivity contribution in [2.24, 2.45) is 11.1 Å². The lowest BCUT2D eigenvalue weighted by atomic mass is 9.71. The molecule has 1 aliphatic rings. The second kappa shape index (κ2) is 9.33. The van der Waals surface area contributed by atoms with Crippen LogP contribution in [0.1, 0.15) is 49.9 Å². The molecule has 3 N–H and O–H groups in total. The smallest absolute Gasteiger partial charge is 0.225 e. The topological polar surface area (TPSA) is 68.0 Å². The largest absolute Gasteiger partial charge is 0.330 e. The Morgan fingerprint density at radius 1 is 1.23 bits per heavy atom. The Morgan fingerprint density at radius 3 is 2.41 bits per heavy atom. The van der Waals surface area contributed by atoms with Crippen LogP contribution in [0, 0.1) is 19.3 Å². The molecule has 1 aliphatic carbocycles. The molecule has 22 heavy (non-hydrogen) atoms. The van der Waals surface area contributed by atoms with Gasteiger partial charge in [-0.15, -0.1) is 24.8 Å². The van der Waals surface area contributed by atoms with E-state index in [1.807, 2.05) is 26.0 Å². The maximum atomic E-state index is 12.3. The first kappa shape index (κ1) is 21.2. The second-order valence-corrected chi connectivity index (χ2v) is 6.08. The lowest BCUT2D eigenvalue weighted by Crippen LogP contribution is -2.36. The van der Waals surface area contributed by atoms with Crippen LogP contribution in [-0.4, -0.2) is 17.4 Å². The summed E-state index contributed by atoms with van der Waals surface area (Å²) in [7, 11) is 0. The van der Waals surface area contributed by atoms with Crippen LogP contribution in [0.4, 0.5) is 5.69 Å². The van der Waals surface area contributed by atoms with E-state index in [0.717, 1.165) is 29.9 Å². The van der Waals surface area contributed by atoms with Crippen LogP contribution in [0.2, 0.25) is 0 Å². The zero-order valence-corrected chi connectivity index (χ0v) is 15.0. The highest BCUT2D eigenvalue weighted by Gasteiger charge is 2.33. The van der Waals surface area contributed by atoms with Crippen LogP contribution < -0.4 is 11.1 Å². The van der Waals surface area contributed by atoms with Gasteiger partial charge in [0.1, 0.15) is 0 Å². The van der Waals surface area contributed by atoms with Gasteiger partial charge in [0, 0.05) is 12.1 Å². The highest BCUT2D eigenvalue weighted by atomic mass is 35.5. The molecule has 1 aromatic heterocycles. The molecule has 0 unspecified atom stereocenters. The van der Waals surface area contributed by atoms with E-state index >= 15 is 0 Å². The average Bonchev–Trinajstić information content (AvgIpc) is 2.43. The van der Waals surface area contributed by atoms with Crippen molar-refractivity contribution in [3.8, 4) is 0 Å². The molecule has 4 nitrogen and oxygen atoms in total. The molecule has 126 valence electrons. The number of aromatic nitrogens is 1. The molecule has 1 saturated carbocycles. The first-order chi connectivity index (χ1) is 9.54. The van der Waals surface area contributed by atoms with Crippen molar-refractivity contribution in [2.45, 2.75) is 52.4 Å². The van der Waals surface area contributed by atoms with Crippen LogP contribution in [-0.2, 0) is 4.79 Å². The zero-order chi connectivity index (χ0) is 14.6. The third-order valence-electron chi connectivity index (χ3n) is 4.38. The Bertz CT molecular complexity index is 488. The first-order valence-electron chi connectivity index (χ1n) is 7.49. The Morgan fingerprint density at radius 2 is 1.86 bits per heavy atom. The highest BCUT2D eigenvalue weighted by molar-refractivity contribution is 5.91. The van der Waals surface area contributed by atoms with E-state index < -0.39 is 0 Å². The predicted molar refractivity (Wildman–Crippen MR) is 96.0 cm³/mol. The Balaban J connectivity index is 0.00000220. The monoisotopic (exact) mass is 347 g/mol. The van der Waals surface area contributed by atoms with Gasteiger partial charge >= 0.3 is 0 Å². The number of aryl methyl sites for hydroxylation is 2. The Hall–Kier alpha value is -0.840. The van der Waals surface area contributed by atoms with Gasteiger partial charge in [0.15, 0.2) is 0 Å². The average molecular weight is 348 g/mol. The number of nitrogens with zero attached hydrogens (tertiary/aromatic N) is 1. The van der Waals surface area contributed by atoms with Crippen LogP contribution in [0.3, 0.4) is 0 Å². The highest BCUT2D eigenvalue weighted by Crippen LogP contribution is 2.38. The molecule has 0 atom stereocenters. The molecule has 1 fully saturated rings. The molecular formula is C16H27Cl2N3O. The van der Waals surface area contributed by atoms with Gasteiger partial charge in [-0.3, -0.25) is 9.78 Å². The van der Waals surface area contributed by atoms with E-state index in [-0.39, 0.29) is 36.1 Å². The predicted octanol–water partition coefficient (Wildman–Crippen LogP) is 3.78. The van der Waals surface area contributed by atoms with Crippen molar-refractivity contribution in [2.75, 3.05) is 11.9 Å². The summed E-state index contributed by atoms with van der Waals surface area (Å²) in [4.78, 5) is 16.7. The number of carbonyl (C=O) groups is 1. The molecule has 1 amide bonds. The number of hydrogen-bond donors (Lipinski definition) is 2. The zero-order valence-electron chi connectivity index (χ0n) is 13.4. The van der Waals surface area contributed by atoms with E-state index in [1.54, 1.807) is 0 Å². The molecule has 6 heteroatoms. The summed E-state index contributed by atoms with van der Waals surface area (Å²) in [6.07, 6.45) is 6.32. The van der Waals surface area contributed by atoms with Gasteiger partial charge in [-0.05, 0) is 50.8 Å². The number of nitrogens with two attached hydrogens (primary N) is 1. The third-order valence-corrected chi connectivity index (χ3v) is 4.38. The van der Waals surface area contributed by atoms with E-state index in [2.05, 4.69) is 10.3 Å². The number of nitrogens with one attached hydrogen (secondary N) is 1. The van der Waals surface area contributed by atoms with Crippen LogP contribution >= 0.6 is 24.8 Å². The molecule has 0 aromatic carbocycles. The fourth-order valence-corrected chi connectivity index (χ4v) is 3.11. The molecular weight excluding hydrogens is 321 g/mol. The minimum atomic E-state index is 0. The number of hydrogen-bond acceptors (Lipinski definition) is 3. The summed E-state index contributed by atoms with van der Waals surface area (Å²) in [6, 6.07) is 3.84. The van der Waals surface area contributed by atoms with Crippen molar-refractivity contribution >= 4 is 36.4 Å². The van der Waals surface area contributed by atoms with E-state index in [4.69, 9.17) is 5.73 Å². The third kappa shape index (κ3) is 5.41. The van der Waals surface area contributed by atoms with Crippen molar-refractivity contribution < 1.29 is 4.79 Å². The van der Waals surface area contributed by atoms with Crippen LogP contribution in [0.25, 0.3) is 0 Å². The maximum absolute atomic E-state index is 12.3. The maximum Gasteiger partial charge on any atom is 0.225 e. The lowest BCUT2D eigenvalue weighted by Gasteiger charge is -2.35. The van der Waals surface area contributed by atoms with E-state index in [9.17, 15) is 4.79 Å². The first-order valence-corrected chi connectivity index (χ1v) is 7.49. The standard InChI is InChI=1S/C16H25N3O.2ClH/c1-12-6-7-14(13(2)18-12)19-15(20)10-16(11-17)8-4-3-5-9-16;;/h6-7H,3-5,8-11,17H2,1-2H3,(H,19,20);2*1H. The normalized spacial score (nSPS) is 16.1. The lowest BCUT2D eigenvalue weighted by molar-refractivity contribution is -0.118. The number of anilines is 1. The van der Waals surface area contributed by atoms with Crippen molar-refractivity contribution in [3.63, 3.8) is 0 Å². The summed E-state index contributed by atoms with van der Waals surface area (Å²) in [6.45, 7) is 4.47. The fraction of sp³-hybridized carbons (Fsp3) is 0.625. The summed E-state index contributed by atoms with van der Waals surface area (Å²) in [5.41, 5.74) is 8.58. The number of halogens is 2. The van der Waals surface area contributed by atoms with Crippen molar-refractivity contribution in [3.05, 3.63) is 23.5 Å². The quantitative estimate of drug-likeness (QED) is 0.870. The van der Waals surface area contributed by atoms with Crippen molar-refractivity contribution in [1.82, 2.24) is 4.98 Å². The molecule has 1 heterocycles. The number of carbonyl (C=O) groups excluding carboxylic acids is 1. The van der Waals surface area contributed by atoms with Gasteiger partial charge in [0.2, 0.25) is 5.91 Å². The van der Waals surface area contributed by atoms with E-state index in [1.165, 1.54) is 19.3 Å². The van der Waals surface area contributed by atoms with Gasteiger partial charge in [0.05, 0.1) is 11.4 Å². The van der Waals surface area contributed by atoms with Gasteiger partial charge in [-0.1, -0.05) is 19.3 Å². The molecule has 1 aromatic rings. The number of amides is 1. The molecule has 0 aliphatic heterocycles. The number of rotatable bonds is 4. The van der Waals surface area contributed by atoms with Gasteiger partial charge in [-0.25, -0.2) is 0 Å². The fourth-order valence-electron chi connectivity index (χ4n) is 3.11. The van der Waals surface area contributed by atoms with Crippen LogP contribution in [0.5, 0.6) is 0 Å². The minimum absolute atomic E-state index is 0. The van der Waals surface area contributed by atoms with Gasteiger partial charge in [0.25, 0.3) is 0 Å². The van der Waals surface area contributed by atoms with Crippen LogP contribution in [0.15, 0.2) is 12.1 Å². The molecule has 0 saturated heterocycles. The number of pyridine rings is 1. The molecule has 0 radical (unpaired) electrons. The summed E-state index contributed by atoms with van der Waals surface area (Å²) in [5, 5.41) is 2.99. The van der Waals surface area contributed by atoms with Gasteiger partial charge in [-0.2, -0.15) is 0 Å². The summed E-state index contributed by atoms with van der Waals surface area (Å²) in [5.74, 6) is 0.0612. The Kier molecular flexibility index (Phi) is 8.98. The van der Waals surface area contributed by atoms with Crippen molar-refractivity contribution in [1.29, 1.82) is 0 Å². The molecule has 0 bridgehead atoms. The second-order valence-electron chi connectivity index (χ2n) is 6.08.